The Hall–Kier alpha value is -1.68. The van der Waals surface area contributed by atoms with Gasteiger partial charge in [0.25, 0.3) is 0 Å². The fourth-order valence-electron chi connectivity index (χ4n) is 1.35. The van der Waals surface area contributed by atoms with Crippen molar-refractivity contribution in [2.24, 2.45) is 0 Å². The van der Waals surface area contributed by atoms with Crippen LogP contribution >= 0.6 is 11.3 Å². The van der Waals surface area contributed by atoms with Crippen LogP contribution in [-0.4, -0.2) is 17.9 Å². The number of carbonyl (C=O) groups excluding carboxylic acids is 1. The minimum Gasteiger partial charge on any atom is -0.497 e. The van der Waals surface area contributed by atoms with Crippen molar-refractivity contribution < 1.29 is 9.53 Å². The summed E-state index contributed by atoms with van der Waals surface area (Å²) < 4.78 is 5.04. The molecule has 0 atom stereocenters. The number of carbonyl (C=O) groups is 1. The molecule has 1 aromatic carbocycles. The molecule has 0 amide bonds. The Bertz CT molecular complexity index is 502. The van der Waals surface area contributed by atoms with Gasteiger partial charge in [0.15, 0.2) is 0 Å². The van der Waals surface area contributed by atoms with Crippen LogP contribution in [0.5, 0.6) is 5.75 Å². The molecule has 0 unspecified atom stereocenters. The molecule has 0 fully saturated rings. The number of nitrogens with zero attached hydrogens (tertiary/aromatic N) is 1. The molecule has 16 heavy (non-hydrogen) atoms. The number of hydrogen-bond donors (Lipinski definition) is 0. The zero-order chi connectivity index (χ0) is 11.5. The van der Waals surface area contributed by atoms with Gasteiger partial charge in [-0.1, -0.05) is 0 Å². The highest BCUT2D eigenvalue weighted by atomic mass is 32.1. The van der Waals surface area contributed by atoms with E-state index in [0.717, 1.165) is 10.8 Å². The number of aryl methyl sites for hydroxylation is 1. The molecule has 1 heterocycles. The summed E-state index contributed by atoms with van der Waals surface area (Å²) in [7, 11) is 1.60. The monoisotopic (exact) mass is 233 g/mol. The minimum absolute atomic E-state index is 0.00764. The van der Waals surface area contributed by atoms with Crippen LogP contribution in [0.1, 0.15) is 20.2 Å². The predicted octanol–water partition coefficient (Wildman–Crippen LogP) is 2.69. The van der Waals surface area contributed by atoms with Crippen LogP contribution in [0.25, 0.3) is 0 Å². The summed E-state index contributed by atoms with van der Waals surface area (Å²) in [4.78, 5) is 16.7. The van der Waals surface area contributed by atoms with E-state index in [2.05, 4.69) is 4.98 Å². The van der Waals surface area contributed by atoms with Crippen molar-refractivity contribution in [1.29, 1.82) is 0 Å². The molecule has 2 rings (SSSR count). The number of hydrogen-bond acceptors (Lipinski definition) is 4. The van der Waals surface area contributed by atoms with Gasteiger partial charge in [-0.3, -0.25) is 4.79 Å². The highest BCUT2D eigenvalue weighted by Gasteiger charge is 2.11. The molecule has 0 saturated heterocycles. The molecule has 0 spiro atoms. The maximum Gasteiger partial charge on any atom is 0.204 e. The number of benzene rings is 1. The van der Waals surface area contributed by atoms with E-state index < -0.39 is 0 Å². The van der Waals surface area contributed by atoms with Gasteiger partial charge in [0.05, 0.1) is 17.0 Å². The van der Waals surface area contributed by atoms with Crippen LogP contribution in [-0.2, 0) is 0 Å². The van der Waals surface area contributed by atoms with Gasteiger partial charge >= 0.3 is 0 Å². The zero-order valence-corrected chi connectivity index (χ0v) is 9.88. The highest BCUT2D eigenvalue weighted by molar-refractivity contribution is 7.13. The number of ketones is 1. The lowest BCUT2D eigenvalue weighted by Gasteiger charge is -2.00. The fraction of sp³-hybridized carbons (Fsp3) is 0.167. The second kappa shape index (κ2) is 4.45. The van der Waals surface area contributed by atoms with Gasteiger partial charge in [-0.05, 0) is 31.2 Å². The van der Waals surface area contributed by atoms with Crippen LogP contribution in [0.3, 0.4) is 0 Å². The number of aromatic nitrogens is 1. The van der Waals surface area contributed by atoms with E-state index in [1.54, 1.807) is 37.6 Å². The van der Waals surface area contributed by atoms with Crippen molar-refractivity contribution in [3.8, 4) is 5.75 Å². The third-order valence-corrected chi connectivity index (χ3v) is 3.11. The van der Waals surface area contributed by atoms with Gasteiger partial charge in [-0.25, -0.2) is 4.98 Å². The predicted molar refractivity (Wildman–Crippen MR) is 63.3 cm³/mol. The molecule has 0 saturated carbocycles. The molecule has 0 bridgehead atoms. The van der Waals surface area contributed by atoms with Gasteiger partial charge in [0.1, 0.15) is 5.75 Å². The fourth-order valence-corrected chi connectivity index (χ4v) is 2.09. The molecule has 0 aliphatic carbocycles. The van der Waals surface area contributed by atoms with Gasteiger partial charge < -0.3 is 4.74 Å². The maximum absolute atomic E-state index is 12.0. The summed E-state index contributed by atoms with van der Waals surface area (Å²) in [6.07, 6.45) is 1.62. The van der Waals surface area contributed by atoms with Crippen LogP contribution in [0.4, 0.5) is 0 Å². The first kappa shape index (κ1) is 10.8. The van der Waals surface area contributed by atoms with Gasteiger partial charge in [0, 0.05) is 11.8 Å². The lowest BCUT2D eigenvalue weighted by molar-refractivity contribution is 0.104. The molecule has 0 radical (unpaired) electrons. The van der Waals surface area contributed by atoms with Crippen LogP contribution in [0, 0.1) is 6.92 Å². The Morgan fingerprint density at radius 2 is 2.00 bits per heavy atom. The first-order valence-electron chi connectivity index (χ1n) is 4.82. The molecule has 4 heteroatoms. The Labute approximate surface area is 97.7 Å². The summed E-state index contributed by atoms with van der Waals surface area (Å²) in [5, 5.41) is 0.900. The number of rotatable bonds is 3. The molecular formula is C12H11NO2S. The van der Waals surface area contributed by atoms with Crippen LogP contribution in [0.2, 0.25) is 0 Å². The highest BCUT2D eigenvalue weighted by Crippen LogP contribution is 2.18. The van der Waals surface area contributed by atoms with Crippen LogP contribution in [0.15, 0.2) is 30.5 Å². The molecule has 1 aromatic heterocycles. The maximum atomic E-state index is 12.0. The minimum atomic E-state index is 0.00764. The number of thiazole rings is 1. The standard InChI is InChI=1S/C12H11NO2S/c1-8-13-7-11(16-8)12(14)9-3-5-10(15-2)6-4-9/h3-7H,1-2H3. The Kier molecular flexibility index (Phi) is 3.01. The average Bonchev–Trinajstić information content (AvgIpc) is 2.75. The van der Waals surface area contributed by atoms with E-state index >= 15 is 0 Å². The first-order valence-corrected chi connectivity index (χ1v) is 5.63. The van der Waals surface area contributed by atoms with E-state index in [0.29, 0.717) is 10.4 Å². The van der Waals surface area contributed by atoms with Crippen molar-refractivity contribution in [2.45, 2.75) is 6.92 Å². The van der Waals surface area contributed by atoms with E-state index in [1.165, 1.54) is 11.3 Å². The van der Waals surface area contributed by atoms with E-state index in [9.17, 15) is 4.79 Å². The van der Waals surface area contributed by atoms with E-state index in [-0.39, 0.29) is 5.78 Å². The molecule has 82 valence electrons. The molecule has 3 nitrogen and oxygen atoms in total. The smallest absolute Gasteiger partial charge is 0.204 e. The summed E-state index contributed by atoms with van der Waals surface area (Å²) in [5.41, 5.74) is 0.657. The van der Waals surface area contributed by atoms with Crippen molar-refractivity contribution in [3.63, 3.8) is 0 Å². The van der Waals surface area contributed by atoms with Crippen LogP contribution < -0.4 is 4.74 Å². The van der Waals surface area contributed by atoms with E-state index in [4.69, 9.17) is 4.74 Å². The second-order valence-corrected chi connectivity index (χ2v) is 4.54. The van der Waals surface area contributed by atoms with E-state index in [1.807, 2.05) is 6.92 Å². The third-order valence-electron chi connectivity index (χ3n) is 2.20. The summed E-state index contributed by atoms with van der Waals surface area (Å²) in [6.45, 7) is 1.88. The van der Waals surface area contributed by atoms with Crippen molar-refractivity contribution in [1.82, 2.24) is 4.98 Å². The average molecular weight is 233 g/mol. The van der Waals surface area contributed by atoms with Crippen molar-refractivity contribution in [3.05, 3.63) is 45.9 Å². The molecule has 0 aliphatic rings. The Balaban J connectivity index is 2.27. The lowest BCUT2D eigenvalue weighted by Crippen LogP contribution is -1.98. The molecule has 0 aliphatic heterocycles. The van der Waals surface area contributed by atoms with Crippen molar-refractivity contribution in [2.75, 3.05) is 7.11 Å². The molecule has 0 N–H and O–H groups in total. The third kappa shape index (κ3) is 2.12. The zero-order valence-electron chi connectivity index (χ0n) is 9.06. The largest absolute Gasteiger partial charge is 0.497 e. The number of ether oxygens (including phenoxy) is 1. The number of methoxy groups -OCH3 is 1. The topological polar surface area (TPSA) is 39.2 Å². The Morgan fingerprint density at radius 3 is 2.50 bits per heavy atom. The van der Waals surface area contributed by atoms with Gasteiger partial charge in [0.2, 0.25) is 5.78 Å². The SMILES string of the molecule is COc1ccc(C(=O)c2cnc(C)s2)cc1. The van der Waals surface area contributed by atoms with Gasteiger partial charge in [-0.15, -0.1) is 11.3 Å². The van der Waals surface area contributed by atoms with Crippen molar-refractivity contribution >= 4 is 17.1 Å². The normalized spacial score (nSPS) is 10.1. The quantitative estimate of drug-likeness (QED) is 0.765. The first-order chi connectivity index (χ1) is 7.70. The summed E-state index contributed by atoms with van der Waals surface area (Å²) in [6, 6.07) is 7.08. The Morgan fingerprint density at radius 1 is 1.31 bits per heavy atom. The lowest BCUT2D eigenvalue weighted by atomic mass is 10.1. The van der Waals surface area contributed by atoms with Gasteiger partial charge in [-0.2, -0.15) is 0 Å². The molecular weight excluding hydrogens is 222 g/mol. The second-order valence-electron chi connectivity index (χ2n) is 3.30. The summed E-state index contributed by atoms with van der Waals surface area (Å²) in [5.74, 6) is 0.755. The summed E-state index contributed by atoms with van der Waals surface area (Å²) >= 11 is 1.41. The molecule has 2 aromatic rings.